The van der Waals surface area contributed by atoms with Gasteiger partial charge < -0.3 is 4.74 Å². The summed E-state index contributed by atoms with van der Waals surface area (Å²) < 4.78 is 4.63. The minimum absolute atomic E-state index is 0.0176. The quantitative estimate of drug-likeness (QED) is 0.340. The van der Waals surface area contributed by atoms with E-state index in [0.717, 1.165) is 19.3 Å². The van der Waals surface area contributed by atoms with E-state index in [2.05, 4.69) is 16.6 Å². The van der Waals surface area contributed by atoms with Crippen molar-refractivity contribution in [3.05, 3.63) is 0 Å². The van der Waals surface area contributed by atoms with E-state index in [1.54, 1.807) is 0 Å². The fourth-order valence-electron chi connectivity index (χ4n) is 1.65. The highest BCUT2D eigenvalue weighted by atomic mass is 16.5. The summed E-state index contributed by atoms with van der Waals surface area (Å²) in [7, 11) is 1.40. The van der Waals surface area contributed by atoms with E-state index in [9.17, 15) is 9.59 Å². The first kappa shape index (κ1) is 9.79. The Balaban J connectivity index is 2.44. The van der Waals surface area contributed by atoms with E-state index in [1.807, 2.05) is 0 Å². The normalized spacial score (nSPS) is 25.9. The van der Waals surface area contributed by atoms with Crippen molar-refractivity contribution in [2.45, 2.75) is 19.3 Å². The lowest BCUT2D eigenvalue weighted by molar-refractivity contribution is -0.145. The molecule has 3 nitrogen and oxygen atoms in total. The molecular formula is C10H12O3. The van der Waals surface area contributed by atoms with Crippen molar-refractivity contribution in [3.63, 3.8) is 0 Å². The largest absolute Gasteiger partial charge is 0.469 e. The number of hydrogen-bond donors (Lipinski definition) is 0. The molecule has 0 amide bonds. The van der Waals surface area contributed by atoms with Crippen LogP contribution in [0, 0.1) is 23.7 Å². The summed E-state index contributed by atoms with van der Waals surface area (Å²) in [4.78, 5) is 21.1. The van der Waals surface area contributed by atoms with Gasteiger partial charge in [-0.3, -0.25) is 9.59 Å². The summed E-state index contributed by atoms with van der Waals surface area (Å²) >= 11 is 0. The number of rotatable bonds is 1. The first-order valence-corrected chi connectivity index (χ1v) is 4.30. The van der Waals surface area contributed by atoms with Gasteiger partial charge in [0.1, 0.15) is 0 Å². The Labute approximate surface area is 77.5 Å². The fraction of sp³-hybridized carbons (Fsp3) is 0.600. The van der Waals surface area contributed by atoms with Gasteiger partial charge >= 0.3 is 5.97 Å². The van der Waals surface area contributed by atoms with Crippen LogP contribution < -0.4 is 0 Å². The van der Waals surface area contributed by atoms with Gasteiger partial charge in [0.25, 0.3) is 0 Å². The third-order valence-electron chi connectivity index (χ3n) is 2.31. The van der Waals surface area contributed by atoms with Crippen molar-refractivity contribution in [1.82, 2.24) is 0 Å². The summed E-state index contributed by atoms with van der Waals surface area (Å²) in [5.74, 6) is 5.21. The Morgan fingerprint density at radius 1 is 1.54 bits per heavy atom. The van der Waals surface area contributed by atoms with E-state index in [4.69, 9.17) is 0 Å². The average Bonchev–Trinajstić information content (AvgIpc) is 2.62. The topological polar surface area (TPSA) is 43.4 Å². The lowest BCUT2D eigenvalue weighted by atomic mass is 10.1. The van der Waals surface area contributed by atoms with E-state index in [1.165, 1.54) is 7.11 Å². The summed E-state index contributed by atoms with van der Waals surface area (Å²) in [5, 5.41) is 0. The van der Waals surface area contributed by atoms with Gasteiger partial charge in [0.05, 0.1) is 13.0 Å². The molecule has 13 heavy (non-hydrogen) atoms. The van der Waals surface area contributed by atoms with Gasteiger partial charge in [-0.2, -0.15) is 0 Å². The lowest BCUT2D eigenvalue weighted by Gasteiger charge is -2.04. The maximum Gasteiger partial charge on any atom is 0.308 e. The van der Waals surface area contributed by atoms with Crippen LogP contribution in [0.1, 0.15) is 19.3 Å². The minimum Gasteiger partial charge on any atom is -0.469 e. The second-order valence-corrected chi connectivity index (χ2v) is 3.14. The fourth-order valence-corrected chi connectivity index (χ4v) is 1.65. The second kappa shape index (κ2) is 4.66. The molecule has 1 aliphatic rings. The number of esters is 1. The molecule has 0 N–H and O–H groups in total. The molecule has 1 fully saturated rings. The van der Waals surface area contributed by atoms with Gasteiger partial charge in [0.15, 0.2) is 6.29 Å². The molecule has 1 rings (SSSR count). The first-order valence-electron chi connectivity index (χ1n) is 4.30. The van der Waals surface area contributed by atoms with E-state index >= 15 is 0 Å². The van der Waals surface area contributed by atoms with Crippen molar-refractivity contribution >= 4 is 12.3 Å². The van der Waals surface area contributed by atoms with Crippen LogP contribution in [0.25, 0.3) is 0 Å². The molecule has 0 radical (unpaired) electrons. The number of hydrogen-bond acceptors (Lipinski definition) is 3. The number of carbonyl (C=O) groups excluding carboxylic acids is 2. The molecule has 2 atom stereocenters. The third kappa shape index (κ3) is 2.59. The molecule has 2 unspecified atom stereocenters. The van der Waals surface area contributed by atoms with Crippen LogP contribution in [0.4, 0.5) is 0 Å². The van der Waals surface area contributed by atoms with Crippen LogP contribution in [-0.4, -0.2) is 19.4 Å². The Morgan fingerprint density at radius 3 is 2.92 bits per heavy atom. The molecule has 0 aromatic carbocycles. The van der Waals surface area contributed by atoms with Crippen molar-refractivity contribution in [2.24, 2.45) is 11.8 Å². The smallest absolute Gasteiger partial charge is 0.308 e. The third-order valence-corrected chi connectivity index (χ3v) is 2.31. The van der Waals surface area contributed by atoms with Crippen LogP contribution in [0.15, 0.2) is 0 Å². The maximum absolute atomic E-state index is 11.1. The monoisotopic (exact) mass is 180 g/mol. The standard InChI is InChI=1S/C10H12O3/c1-13-10(12)9-5-4-8(7-9)3-2-6-11/h6,8-9H,4-5,7H2,1H3. The molecule has 3 heteroatoms. The predicted molar refractivity (Wildman–Crippen MR) is 46.7 cm³/mol. The molecule has 0 aliphatic heterocycles. The first-order chi connectivity index (χ1) is 6.27. The highest BCUT2D eigenvalue weighted by Crippen LogP contribution is 2.30. The Bertz CT molecular complexity index is 259. The molecule has 1 saturated carbocycles. The Kier molecular flexibility index (Phi) is 3.51. The number of methoxy groups -OCH3 is 1. The van der Waals surface area contributed by atoms with Gasteiger partial charge in [-0.25, -0.2) is 0 Å². The molecular weight excluding hydrogens is 168 g/mol. The minimum atomic E-state index is -0.157. The van der Waals surface area contributed by atoms with Crippen molar-refractivity contribution < 1.29 is 14.3 Å². The molecule has 0 aromatic rings. The summed E-state index contributed by atoms with van der Waals surface area (Å²) in [6.07, 6.45) is 3.03. The summed E-state index contributed by atoms with van der Waals surface area (Å²) in [5.41, 5.74) is 0. The van der Waals surface area contributed by atoms with Gasteiger partial charge in [-0.15, -0.1) is 0 Å². The van der Waals surface area contributed by atoms with Crippen LogP contribution in [0.3, 0.4) is 0 Å². The molecule has 0 bridgehead atoms. The van der Waals surface area contributed by atoms with E-state index in [0.29, 0.717) is 6.29 Å². The summed E-state index contributed by atoms with van der Waals surface area (Å²) in [6.45, 7) is 0. The summed E-state index contributed by atoms with van der Waals surface area (Å²) in [6, 6.07) is 0. The molecule has 0 saturated heterocycles. The van der Waals surface area contributed by atoms with E-state index < -0.39 is 0 Å². The zero-order chi connectivity index (χ0) is 9.68. The van der Waals surface area contributed by atoms with Gasteiger partial charge in [0.2, 0.25) is 0 Å². The van der Waals surface area contributed by atoms with E-state index in [-0.39, 0.29) is 17.8 Å². The maximum atomic E-state index is 11.1. The Morgan fingerprint density at radius 2 is 2.31 bits per heavy atom. The lowest BCUT2D eigenvalue weighted by Crippen LogP contribution is -2.12. The Hall–Kier alpha value is -1.30. The molecule has 0 spiro atoms. The second-order valence-electron chi connectivity index (χ2n) is 3.14. The number of ether oxygens (including phenoxy) is 1. The van der Waals surface area contributed by atoms with Crippen molar-refractivity contribution in [1.29, 1.82) is 0 Å². The molecule has 0 aromatic heterocycles. The van der Waals surface area contributed by atoms with Gasteiger partial charge in [-0.05, 0) is 25.2 Å². The van der Waals surface area contributed by atoms with Crippen LogP contribution in [0.5, 0.6) is 0 Å². The SMILES string of the molecule is COC(=O)C1CCC(C#CC=O)C1. The highest BCUT2D eigenvalue weighted by Gasteiger charge is 2.29. The highest BCUT2D eigenvalue weighted by molar-refractivity contribution is 5.74. The van der Waals surface area contributed by atoms with Crippen LogP contribution in [-0.2, 0) is 14.3 Å². The number of aldehydes is 1. The van der Waals surface area contributed by atoms with Gasteiger partial charge in [-0.1, -0.05) is 5.92 Å². The molecule has 0 heterocycles. The van der Waals surface area contributed by atoms with Crippen LogP contribution in [0.2, 0.25) is 0 Å². The zero-order valence-corrected chi connectivity index (χ0v) is 7.58. The van der Waals surface area contributed by atoms with Gasteiger partial charge in [0, 0.05) is 5.92 Å². The average molecular weight is 180 g/mol. The predicted octanol–water partition coefficient (Wildman–Crippen LogP) is 0.778. The van der Waals surface area contributed by atoms with Crippen molar-refractivity contribution in [2.75, 3.05) is 7.11 Å². The van der Waals surface area contributed by atoms with Crippen molar-refractivity contribution in [3.8, 4) is 11.8 Å². The zero-order valence-electron chi connectivity index (χ0n) is 7.58. The molecule has 1 aliphatic carbocycles. The molecule has 70 valence electrons. The number of carbonyl (C=O) groups is 2. The van der Waals surface area contributed by atoms with Crippen LogP contribution >= 0.6 is 0 Å².